The van der Waals surface area contributed by atoms with Crippen molar-refractivity contribution in [3.63, 3.8) is 0 Å². The van der Waals surface area contributed by atoms with Crippen LogP contribution < -0.4 is 16.3 Å². The summed E-state index contributed by atoms with van der Waals surface area (Å²) < 4.78 is 5.24. The summed E-state index contributed by atoms with van der Waals surface area (Å²) in [6.45, 7) is 0. The zero-order valence-corrected chi connectivity index (χ0v) is 10.9. The summed E-state index contributed by atoms with van der Waals surface area (Å²) >= 11 is 0. The van der Waals surface area contributed by atoms with Gasteiger partial charge in [-0.15, -0.1) is 0 Å². The van der Waals surface area contributed by atoms with E-state index in [1.54, 1.807) is 36.5 Å². The molecule has 0 radical (unpaired) electrons. The smallest absolute Gasteiger partial charge is 0.344 e. The van der Waals surface area contributed by atoms with Crippen LogP contribution in [0.5, 0.6) is 0 Å². The lowest BCUT2D eigenvalue weighted by Gasteiger charge is -2.00. The molecule has 0 spiro atoms. The highest BCUT2D eigenvalue weighted by Crippen LogP contribution is 2.27. The second kappa shape index (κ2) is 4.24. The van der Waals surface area contributed by atoms with Gasteiger partial charge < -0.3 is 4.42 Å². The number of rotatable bonds is 1. The van der Waals surface area contributed by atoms with Crippen molar-refractivity contribution in [3.8, 4) is 11.3 Å². The molecule has 4 heteroatoms. The van der Waals surface area contributed by atoms with Crippen LogP contribution in [0.15, 0.2) is 62.7 Å². The summed E-state index contributed by atoms with van der Waals surface area (Å²) in [5, 5.41) is 1.41. The third-order valence-corrected chi connectivity index (χ3v) is 3.52. The summed E-state index contributed by atoms with van der Waals surface area (Å²) in [6.07, 6.45) is 3.35. The zero-order chi connectivity index (χ0) is 14.4. The first-order valence-electron chi connectivity index (χ1n) is 6.49. The van der Waals surface area contributed by atoms with Crippen molar-refractivity contribution in [1.82, 2.24) is 4.98 Å². The Bertz CT molecular complexity index is 1070. The van der Waals surface area contributed by atoms with Crippen LogP contribution in [0.4, 0.5) is 0 Å². The number of benzene rings is 2. The average Bonchev–Trinajstić information content (AvgIpc) is 2.83. The predicted octanol–water partition coefficient (Wildman–Crippen LogP) is 1.64. The highest BCUT2D eigenvalue weighted by Gasteiger charge is 2.19. The quantitative estimate of drug-likeness (QED) is 0.530. The van der Waals surface area contributed by atoms with E-state index >= 15 is 0 Å². The van der Waals surface area contributed by atoms with E-state index in [1.807, 2.05) is 18.2 Å². The van der Waals surface area contributed by atoms with Gasteiger partial charge in [-0.25, -0.2) is 4.79 Å². The van der Waals surface area contributed by atoms with Crippen LogP contribution in [0, 0.1) is 0 Å². The minimum absolute atomic E-state index is 0.125. The van der Waals surface area contributed by atoms with E-state index in [4.69, 9.17) is 4.42 Å². The fourth-order valence-electron chi connectivity index (χ4n) is 2.57. The van der Waals surface area contributed by atoms with E-state index in [1.165, 1.54) is 0 Å². The highest BCUT2D eigenvalue weighted by molar-refractivity contribution is 5.95. The van der Waals surface area contributed by atoms with Crippen LogP contribution in [-0.2, 0) is 0 Å². The molecule has 0 N–H and O–H groups in total. The molecule has 4 nitrogen and oxygen atoms in total. The van der Waals surface area contributed by atoms with Crippen molar-refractivity contribution in [3.05, 3.63) is 80.2 Å². The number of hydrogen-bond donors (Lipinski definition) is 0. The van der Waals surface area contributed by atoms with Gasteiger partial charge in [0.1, 0.15) is 5.76 Å². The normalized spacial score (nSPS) is 12.5. The first kappa shape index (κ1) is 11.8. The van der Waals surface area contributed by atoms with Crippen LogP contribution >= 0.6 is 0 Å². The molecule has 2 aliphatic rings. The summed E-state index contributed by atoms with van der Waals surface area (Å²) in [5.74, 6) is 0.437. The van der Waals surface area contributed by atoms with Gasteiger partial charge in [0.15, 0.2) is 5.43 Å². The van der Waals surface area contributed by atoms with E-state index in [2.05, 4.69) is 4.98 Å². The third kappa shape index (κ3) is 1.73. The van der Waals surface area contributed by atoms with Crippen molar-refractivity contribution in [2.75, 3.05) is 0 Å². The van der Waals surface area contributed by atoms with Gasteiger partial charge in [-0.1, -0.05) is 18.2 Å². The molecule has 1 aliphatic carbocycles. The molecule has 0 saturated heterocycles. The number of nitrogens with zero attached hydrogens (tertiary/aromatic N) is 1. The maximum absolute atomic E-state index is 12.5. The molecule has 1 aromatic heterocycles. The first-order valence-corrected chi connectivity index (χ1v) is 6.49. The monoisotopic (exact) mass is 275 g/mol. The SMILES string of the molecule is O=c1oc2c/c(=C/c3ccccn3)c(=O)c3cccc1c3-2. The number of aromatic nitrogens is 1. The second-order valence-corrected chi connectivity index (χ2v) is 4.81. The van der Waals surface area contributed by atoms with Crippen LogP contribution in [0.2, 0.25) is 0 Å². The van der Waals surface area contributed by atoms with Crippen molar-refractivity contribution >= 4 is 16.8 Å². The van der Waals surface area contributed by atoms with Gasteiger partial charge in [-0.2, -0.15) is 0 Å². The Balaban J connectivity index is 2.16. The lowest BCUT2D eigenvalue weighted by atomic mass is 10.0. The number of furan rings is 1. The predicted molar refractivity (Wildman–Crippen MR) is 79.6 cm³/mol. The Morgan fingerprint density at radius 2 is 1.86 bits per heavy atom. The molecule has 0 fully saturated rings. The largest absolute Gasteiger partial charge is 0.422 e. The van der Waals surface area contributed by atoms with Crippen molar-refractivity contribution < 1.29 is 4.42 Å². The van der Waals surface area contributed by atoms with E-state index in [0.717, 1.165) is 0 Å². The van der Waals surface area contributed by atoms with E-state index in [-0.39, 0.29) is 5.43 Å². The minimum atomic E-state index is -0.412. The summed E-state index contributed by atoms with van der Waals surface area (Å²) in [6, 6.07) is 12.1. The molecule has 0 saturated carbocycles. The standard InChI is InChI=1S/C17H9NO3/c19-16-10(8-11-4-1-2-7-18-11)9-14-15-12(16)5-3-6-13(15)17(20)21-14/h1-9H/b10-8-. The zero-order valence-electron chi connectivity index (χ0n) is 10.9. The summed E-state index contributed by atoms with van der Waals surface area (Å²) in [4.78, 5) is 28.5. The van der Waals surface area contributed by atoms with E-state index in [0.29, 0.717) is 33.0 Å². The Kier molecular flexibility index (Phi) is 2.38. The Morgan fingerprint density at radius 1 is 1.00 bits per heavy atom. The Labute approximate surface area is 118 Å². The average molecular weight is 275 g/mol. The lowest BCUT2D eigenvalue weighted by molar-refractivity contribution is 0.548. The van der Waals surface area contributed by atoms with E-state index in [9.17, 15) is 9.59 Å². The molecule has 4 rings (SSSR count). The molecule has 2 aromatic rings. The maximum atomic E-state index is 12.5. The highest BCUT2D eigenvalue weighted by atomic mass is 16.4. The van der Waals surface area contributed by atoms with Gasteiger partial charge in [0.2, 0.25) is 0 Å². The van der Waals surface area contributed by atoms with Crippen molar-refractivity contribution in [2.45, 2.75) is 0 Å². The Morgan fingerprint density at radius 3 is 2.67 bits per heavy atom. The molecule has 2 heterocycles. The molecule has 0 amide bonds. The van der Waals surface area contributed by atoms with Crippen molar-refractivity contribution in [1.29, 1.82) is 0 Å². The maximum Gasteiger partial charge on any atom is 0.344 e. The minimum Gasteiger partial charge on any atom is -0.422 e. The van der Waals surface area contributed by atoms with Gasteiger partial charge >= 0.3 is 5.63 Å². The summed E-state index contributed by atoms with van der Waals surface area (Å²) in [5.41, 5.74) is 0.747. The molecule has 1 aliphatic heterocycles. The van der Waals surface area contributed by atoms with Gasteiger partial charge in [-0.3, -0.25) is 9.78 Å². The van der Waals surface area contributed by atoms with Crippen LogP contribution in [0.25, 0.3) is 28.2 Å². The molecule has 100 valence electrons. The van der Waals surface area contributed by atoms with Gasteiger partial charge in [-0.05, 0) is 30.3 Å². The number of pyridine rings is 1. The van der Waals surface area contributed by atoms with Gasteiger partial charge in [0, 0.05) is 22.4 Å². The van der Waals surface area contributed by atoms with Crippen LogP contribution in [-0.4, -0.2) is 4.98 Å². The topological polar surface area (TPSA) is 60.2 Å². The van der Waals surface area contributed by atoms with Gasteiger partial charge in [0.25, 0.3) is 0 Å². The fraction of sp³-hybridized carbons (Fsp3) is 0. The summed E-state index contributed by atoms with van der Waals surface area (Å²) in [7, 11) is 0. The van der Waals surface area contributed by atoms with E-state index < -0.39 is 5.63 Å². The molecule has 0 bridgehead atoms. The first-order chi connectivity index (χ1) is 10.2. The Hall–Kier alpha value is -3.01. The molecular weight excluding hydrogens is 266 g/mol. The van der Waals surface area contributed by atoms with Crippen LogP contribution in [0.1, 0.15) is 5.69 Å². The second-order valence-electron chi connectivity index (χ2n) is 4.81. The fourth-order valence-corrected chi connectivity index (χ4v) is 2.57. The number of hydrogen-bond acceptors (Lipinski definition) is 4. The molecule has 21 heavy (non-hydrogen) atoms. The lowest BCUT2D eigenvalue weighted by Crippen LogP contribution is -2.25. The molecule has 1 aromatic carbocycles. The van der Waals surface area contributed by atoms with Crippen molar-refractivity contribution in [2.24, 2.45) is 0 Å². The third-order valence-electron chi connectivity index (χ3n) is 3.52. The molecular formula is C17H9NO3. The van der Waals surface area contributed by atoms with Crippen LogP contribution in [0.3, 0.4) is 0 Å². The molecule has 0 unspecified atom stereocenters. The van der Waals surface area contributed by atoms with Gasteiger partial charge in [0.05, 0.1) is 11.1 Å². The molecule has 0 atom stereocenters.